The number of alkyl halides is 2. The molecule has 1 aliphatic heterocycles. The zero-order valence-electron chi connectivity index (χ0n) is 11.8. The van der Waals surface area contributed by atoms with Crippen molar-refractivity contribution in [3.05, 3.63) is 35.4 Å². The largest absolute Gasteiger partial charge is 0.353 e. The Bertz CT molecular complexity index is 628. The Kier molecular flexibility index (Phi) is 5.57. The van der Waals surface area contributed by atoms with Crippen LogP contribution in [0.25, 0.3) is 0 Å². The summed E-state index contributed by atoms with van der Waals surface area (Å²) < 4.78 is 0. The summed E-state index contributed by atoms with van der Waals surface area (Å²) in [4.78, 5) is 46.7. The molecule has 1 aliphatic rings. The van der Waals surface area contributed by atoms with Gasteiger partial charge in [0.05, 0.1) is 11.1 Å². The summed E-state index contributed by atoms with van der Waals surface area (Å²) in [7, 11) is 0. The molecule has 0 saturated heterocycles. The molecule has 1 heterocycles. The molecule has 0 unspecified atom stereocenters. The Hall–Kier alpha value is -2.12. The smallest absolute Gasteiger partial charge is 0.262 e. The minimum Gasteiger partial charge on any atom is -0.353 e. The number of benzene rings is 1. The first kappa shape index (κ1) is 17.2. The van der Waals surface area contributed by atoms with E-state index in [1.165, 1.54) is 12.1 Å². The Morgan fingerprint density at radius 3 is 2.04 bits per heavy atom. The van der Waals surface area contributed by atoms with Crippen LogP contribution in [-0.4, -0.2) is 53.0 Å². The van der Waals surface area contributed by atoms with Crippen molar-refractivity contribution in [3.63, 3.8) is 0 Å². The number of nitrogens with zero attached hydrogens (tertiary/aromatic N) is 1. The first-order valence-electron chi connectivity index (χ1n) is 6.69. The Morgan fingerprint density at radius 2 is 1.52 bits per heavy atom. The van der Waals surface area contributed by atoms with Crippen molar-refractivity contribution in [2.45, 2.75) is 4.84 Å². The molecular formula is C14H13Cl2N3O4. The van der Waals surface area contributed by atoms with Crippen LogP contribution >= 0.6 is 23.2 Å². The number of hydrogen-bond donors (Lipinski definition) is 2. The maximum atomic E-state index is 12.1. The van der Waals surface area contributed by atoms with Gasteiger partial charge in [0.1, 0.15) is 6.54 Å². The standard InChI is InChI=1S/C14H13Cl2N3O4/c15-11(16)12(21)18-6-5-17-10(20)7-19-13(22)8-3-1-2-4-9(8)14(19)23/h1-4,11H,5-7H2,(H,17,20)(H,18,21). The minimum absolute atomic E-state index is 0.119. The fourth-order valence-electron chi connectivity index (χ4n) is 2.05. The maximum absolute atomic E-state index is 12.1. The average Bonchev–Trinajstić information content (AvgIpc) is 2.77. The van der Waals surface area contributed by atoms with Crippen LogP contribution in [0.5, 0.6) is 0 Å². The van der Waals surface area contributed by atoms with Gasteiger partial charge in [-0.3, -0.25) is 24.1 Å². The van der Waals surface area contributed by atoms with Crippen LogP contribution in [0.4, 0.5) is 0 Å². The summed E-state index contributed by atoms with van der Waals surface area (Å²) in [5, 5.41) is 4.88. The van der Waals surface area contributed by atoms with Gasteiger partial charge in [0.15, 0.2) is 4.84 Å². The highest BCUT2D eigenvalue weighted by molar-refractivity contribution is 6.53. The van der Waals surface area contributed by atoms with E-state index < -0.39 is 28.5 Å². The SMILES string of the molecule is O=C(CN1C(=O)c2ccccc2C1=O)NCCNC(=O)C(Cl)Cl. The van der Waals surface area contributed by atoms with E-state index in [0.29, 0.717) is 0 Å². The van der Waals surface area contributed by atoms with Crippen molar-refractivity contribution in [1.82, 2.24) is 15.5 Å². The molecule has 1 aromatic carbocycles. The zero-order chi connectivity index (χ0) is 17.0. The van der Waals surface area contributed by atoms with E-state index in [9.17, 15) is 19.2 Å². The quantitative estimate of drug-likeness (QED) is 0.435. The lowest BCUT2D eigenvalue weighted by Crippen LogP contribution is -2.43. The second-order valence-corrected chi connectivity index (χ2v) is 5.78. The van der Waals surface area contributed by atoms with Gasteiger partial charge >= 0.3 is 0 Å². The van der Waals surface area contributed by atoms with Crippen LogP contribution in [0.2, 0.25) is 0 Å². The third kappa shape index (κ3) is 4.00. The molecule has 9 heteroatoms. The van der Waals surface area contributed by atoms with Gasteiger partial charge in [-0.15, -0.1) is 0 Å². The van der Waals surface area contributed by atoms with Crippen LogP contribution in [0.15, 0.2) is 24.3 Å². The summed E-state index contributed by atoms with van der Waals surface area (Å²) in [6.45, 7) is -0.134. The monoisotopic (exact) mass is 357 g/mol. The molecule has 0 aliphatic carbocycles. The highest BCUT2D eigenvalue weighted by Crippen LogP contribution is 2.21. The topological polar surface area (TPSA) is 95.6 Å². The van der Waals surface area contributed by atoms with Gasteiger partial charge in [-0.25, -0.2) is 0 Å². The lowest BCUT2D eigenvalue weighted by atomic mass is 10.1. The predicted octanol–water partition coefficient (Wildman–Crippen LogP) is 0.319. The number of halogens is 2. The summed E-state index contributed by atoms with van der Waals surface area (Å²) in [6, 6.07) is 6.38. The Balaban J connectivity index is 1.82. The number of fused-ring (bicyclic) bond motifs is 1. The summed E-state index contributed by atoms with van der Waals surface area (Å²) in [5.41, 5.74) is 0.570. The highest BCUT2D eigenvalue weighted by Gasteiger charge is 2.36. The van der Waals surface area contributed by atoms with Crippen molar-refractivity contribution in [1.29, 1.82) is 0 Å². The third-order valence-corrected chi connectivity index (χ3v) is 3.52. The van der Waals surface area contributed by atoms with Crippen LogP contribution in [0, 0.1) is 0 Å². The molecule has 0 fully saturated rings. The Labute approximate surface area is 141 Å². The van der Waals surface area contributed by atoms with Crippen LogP contribution in [0.3, 0.4) is 0 Å². The van der Waals surface area contributed by atoms with Gasteiger partial charge in [-0.2, -0.15) is 0 Å². The van der Waals surface area contributed by atoms with Crippen LogP contribution in [-0.2, 0) is 9.59 Å². The van der Waals surface area contributed by atoms with Crippen LogP contribution < -0.4 is 10.6 Å². The lowest BCUT2D eigenvalue weighted by Gasteiger charge is -2.13. The summed E-state index contributed by atoms with van der Waals surface area (Å²) in [5.74, 6) is -2.08. The second-order valence-electron chi connectivity index (χ2n) is 4.68. The van der Waals surface area contributed by atoms with Gasteiger partial charge in [0, 0.05) is 13.1 Å². The van der Waals surface area contributed by atoms with E-state index >= 15 is 0 Å². The van der Waals surface area contributed by atoms with Crippen molar-refractivity contribution in [3.8, 4) is 0 Å². The van der Waals surface area contributed by atoms with Gasteiger partial charge in [-0.05, 0) is 12.1 Å². The molecular weight excluding hydrogens is 345 g/mol. The number of carbonyl (C=O) groups is 4. The molecule has 122 valence electrons. The first-order valence-corrected chi connectivity index (χ1v) is 7.57. The minimum atomic E-state index is -1.18. The van der Waals surface area contributed by atoms with Crippen molar-refractivity contribution in [2.75, 3.05) is 19.6 Å². The van der Waals surface area contributed by atoms with Gasteiger partial charge in [-0.1, -0.05) is 35.3 Å². The number of rotatable bonds is 6. The molecule has 0 aromatic heterocycles. The van der Waals surface area contributed by atoms with E-state index in [1.807, 2.05) is 0 Å². The maximum Gasteiger partial charge on any atom is 0.262 e. The molecule has 0 spiro atoms. The molecule has 0 radical (unpaired) electrons. The molecule has 0 atom stereocenters. The van der Waals surface area contributed by atoms with Gasteiger partial charge < -0.3 is 10.6 Å². The highest BCUT2D eigenvalue weighted by atomic mass is 35.5. The number of hydrogen-bond acceptors (Lipinski definition) is 4. The molecule has 0 saturated carbocycles. The predicted molar refractivity (Wildman–Crippen MR) is 83.3 cm³/mol. The molecule has 23 heavy (non-hydrogen) atoms. The fourth-order valence-corrected chi connectivity index (χ4v) is 2.20. The van der Waals surface area contributed by atoms with Crippen molar-refractivity contribution < 1.29 is 19.2 Å². The number of imide groups is 1. The fraction of sp³-hybridized carbons (Fsp3) is 0.286. The van der Waals surface area contributed by atoms with Crippen molar-refractivity contribution >= 4 is 46.8 Å². The van der Waals surface area contributed by atoms with Crippen molar-refractivity contribution in [2.24, 2.45) is 0 Å². The van der Waals surface area contributed by atoms with E-state index in [0.717, 1.165) is 4.90 Å². The third-order valence-electron chi connectivity index (χ3n) is 3.12. The average molecular weight is 358 g/mol. The lowest BCUT2D eigenvalue weighted by molar-refractivity contribution is -0.122. The molecule has 1 aromatic rings. The Morgan fingerprint density at radius 1 is 1.00 bits per heavy atom. The summed E-state index contributed by atoms with van der Waals surface area (Å²) in [6.07, 6.45) is 0. The number of carbonyl (C=O) groups excluding carboxylic acids is 4. The van der Waals surface area contributed by atoms with E-state index in [4.69, 9.17) is 23.2 Å². The number of nitrogens with one attached hydrogen (secondary N) is 2. The molecule has 4 amide bonds. The van der Waals surface area contributed by atoms with E-state index in [1.54, 1.807) is 12.1 Å². The van der Waals surface area contributed by atoms with E-state index in [2.05, 4.69) is 10.6 Å². The van der Waals surface area contributed by atoms with Gasteiger partial charge in [0.2, 0.25) is 5.91 Å². The molecule has 2 N–H and O–H groups in total. The van der Waals surface area contributed by atoms with Gasteiger partial charge in [0.25, 0.3) is 17.7 Å². The zero-order valence-corrected chi connectivity index (χ0v) is 13.4. The molecule has 2 rings (SSSR count). The summed E-state index contributed by atoms with van der Waals surface area (Å²) >= 11 is 10.7. The molecule has 7 nitrogen and oxygen atoms in total. The molecule has 0 bridgehead atoms. The first-order chi connectivity index (χ1) is 10.9. The normalized spacial score (nSPS) is 13.3. The van der Waals surface area contributed by atoms with Crippen LogP contribution in [0.1, 0.15) is 20.7 Å². The number of amides is 4. The second kappa shape index (κ2) is 7.43. The van der Waals surface area contributed by atoms with E-state index in [-0.39, 0.29) is 30.8 Å².